The summed E-state index contributed by atoms with van der Waals surface area (Å²) in [6, 6.07) is 0. The van der Waals surface area contributed by atoms with Crippen LogP contribution in [-0.4, -0.2) is 24.1 Å². The van der Waals surface area contributed by atoms with Gasteiger partial charge in [-0.05, 0) is 6.42 Å². The molecule has 4 nitrogen and oxygen atoms in total. The molecule has 1 N–H and O–H groups in total. The summed E-state index contributed by atoms with van der Waals surface area (Å²) in [5, 5.41) is 0.0796. The molecule has 0 atom stereocenters. The van der Waals surface area contributed by atoms with Gasteiger partial charge in [0.25, 0.3) is 0 Å². The number of H-pyrrole nitrogens is 1. The van der Waals surface area contributed by atoms with Gasteiger partial charge >= 0.3 is 0 Å². The van der Waals surface area contributed by atoms with E-state index in [9.17, 15) is 8.42 Å². The molecule has 0 aliphatic carbocycles. The highest BCUT2D eigenvalue weighted by Gasteiger charge is 2.15. The van der Waals surface area contributed by atoms with Crippen LogP contribution in [-0.2, 0) is 9.84 Å². The third-order valence-corrected chi connectivity index (χ3v) is 3.17. The Morgan fingerprint density at radius 2 is 2.33 bits per heavy atom. The van der Waals surface area contributed by atoms with E-state index in [1.165, 1.54) is 12.4 Å². The fourth-order valence-electron chi connectivity index (χ4n) is 0.852. The first-order chi connectivity index (χ1) is 5.67. The summed E-state index contributed by atoms with van der Waals surface area (Å²) in [6.45, 7) is 1.96. The Morgan fingerprint density at radius 1 is 1.58 bits per heavy atom. The van der Waals surface area contributed by atoms with Crippen molar-refractivity contribution >= 4 is 9.84 Å². The van der Waals surface area contributed by atoms with Crippen molar-refractivity contribution in [3.8, 4) is 0 Å². The Labute approximate surface area is 71.9 Å². The minimum Gasteiger partial charge on any atom is -0.336 e. The molecule has 5 heteroatoms. The molecule has 0 bridgehead atoms. The van der Waals surface area contributed by atoms with Crippen LogP contribution in [0.4, 0.5) is 0 Å². The number of sulfone groups is 1. The van der Waals surface area contributed by atoms with Crippen molar-refractivity contribution in [1.82, 2.24) is 9.97 Å². The van der Waals surface area contributed by atoms with Gasteiger partial charge in [-0.2, -0.15) is 0 Å². The molecule has 68 valence electrons. The maximum Gasteiger partial charge on any atom is 0.224 e. The Kier molecular flexibility index (Phi) is 2.86. The topological polar surface area (TPSA) is 62.8 Å². The quantitative estimate of drug-likeness (QED) is 0.766. The lowest BCUT2D eigenvalue weighted by atomic mass is 10.4. The average Bonchev–Trinajstić information content (AvgIpc) is 2.53. The van der Waals surface area contributed by atoms with Gasteiger partial charge in [-0.25, -0.2) is 13.4 Å². The Morgan fingerprint density at radius 3 is 2.83 bits per heavy atom. The largest absolute Gasteiger partial charge is 0.336 e. The highest BCUT2D eigenvalue weighted by Crippen LogP contribution is 2.05. The summed E-state index contributed by atoms with van der Waals surface area (Å²) in [7, 11) is -3.15. The van der Waals surface area contributed by atoms with Crippen LogP contribution < -0.4 is 0 Å². The van der Waals surface area contributed by atoms with E-state index < -0.39 is 9.84 Å². The molecule has 0 radical (unpaired) electrons. The highest BCUT2D eigenvalue weighted by atomic mass is 32.2. The zero-order valence-corrected chi connectivity index (χ0v) is 7.76. The monoisotopic (exact) mass is 188 g/mol. The fourth-order valence-corrected chi connectivity index (χ4v) is 2.18. The maximum atomic E-state index is 11.4. The van der Waals surface area contributed by atoms with Gasteiger partial charge in [-0.1, -0.05) is 13.3 Å². The van der Waals surface area contributed by atoms with Crippen LogP contribution in [0.25, 0.3) is 0 Å². The number of hydrogen-bond donors (Lipinski definition) is 1. The van der Waals surface area contributed by atoms with E-state index in [-0.39, 0.29) is 10.9 Å². The molecule has 0 spiro atoms. The van der Waals surface area contributed by atoms with Gasteiger partial charge in [0.05, 0.1) is 5.75 Å². The number of unbranched alkanes of at least 4 members (excludes halogenated alkanes) is 1. The summed E-state index contributed by atoms with van der Waals surface area (Å²) in [5.74, 6) is 0.178. The van der Waals surface area contributed by atoms with Crippen molar-refractivity contribution < 1.29 is 8.42 Å². The molecule has 0 aliphatic rings. The van der Waals surface area contributed by atoms with Crippen LogP contribution in [0, 0.1) is 0 Å². The molecule has 0 fully saturated rings. The standard InChI is InChI=1S/C7H12N2O2S/c1-2-3-6-12(10,11)7-8-4-5-9-7/h4-5H,2-3,6H2,1H3,(H,8,9). The summed E-state index contributed by atoms with van der Waals surface area (Å²) in [5.41, 5.74) is 0. The van der Waals surface area contributed by atoms with Crippen molar-refractivity contribution in [1.29, 1.82) is 0 Å². The molecule has 1 heterocycles. The minimum absolute atomic E-state index is 0.0796. The third-order valence-electron chi connectivity index (χ3n) is 1.53. The van der Waals surface area contributed by atoms with Crippen LogP contribution in [0.3, 0.4) is 0 Å². The van der Waals surface area contributed by atoms with Crippen LogP contribution in [0.2, 0.25) is 0 Å². The minimum atomic E-state index is -3.15. The van der Waals surface area contributed by atoms with E-state index in [4.69, 9.17) is 0 Å². The molecular weight excluding hydrogens is 176 g/mol. The number of nitrogens with zero attached hydrogens (tertiary/aromatic N) is 1. The van der Waals surface area contributed by atoms with Crippen molar-refractivity contribution in [2.75, 3.05) is 5.75 Å². The number of aromatic nitrogens is 2. The van der Waals surface area contributed by atoms with Crippen molar-refractivity contribution in [2.24, 2.45) is 0 Å². The van der Waals surface area contributed by atoms with Gasteiger partial charge in [-0.15, -0.1) is 0 Å². The number of hydrogen-bond acceptors (Lipinski definition) is 3. The van der Waals surface area contributed by atoms with Crippen LogP contribution >= 0.6 is 0 Å². The van der Waals surface area contributed by atoms with Crippen molar-refractivity contribution in [2.45, 2.75) is 24.9 Å². The second kappa shape index (κ2) is 3.71. The lowest BCUT2D eigenvalue weighted by Gasteiger charge is -1.97. The second-order valence-electron chi connectivity index (χ2n) is 2.57. The molecule has 0 unspecified atom stereocenters. The number of rotatable bonds is 4. The molecule has 12 heavy (non-hydrogen) atoms. The van der Waals surface area contributed by atoms with Gasteiger partial charge in [0.1, 0.15) is 0 Å². The summed E-state index contributed by atoms with van der Waals surface area (Å²) in [6.07, 6.45) is 4.51. The van der Waals surface area contributed by atoms with Crippen molar-refractivity contribution in [3.05, 3.63) is 12.4 Å². The van der Waals surface area contributed by atoms with Gasteiger partial charge < -0.3 is 4.98 Å². The molecule has 0 saturated carbocycles. The normalized spacial score (nSPS) is 11.8. The zero-order valence-electron chi connectivity index (χ0n) is 6.95. The Balaban J connectivity index is 2.74. The Hall–Kier alpha value is -0.840. The fraction of sp³-hybridized carbons (Fsp3) is 0.571. The first-order valence-electron chi connectivity index (χ1n) is 3.89. The van der Waals surface area contributed by atoms with Gasteiger partial charge in [0.15, 0.2) is 0 Å². The molecule has 0 amide bonds. The molecule has 0 aromatic carbocycles. The number of aromatic amines is 1. The molecular formula is C7H12N2O2S. The maximum absolute atomic E-state index is 11.4. The molecule has 0 aliphatic heterocycles. The molecule has 1 rings (SSSR count). The number of nitrogens with one attached hydrogen (secondary N) is 1. The van der Waals surface area contributed by atoms with Crippen LogP contribution in [0.1, 0.15) is 19.8 Å². The SMILES string of the molecule is CCCCS(=O)(=O)c1ncc[nH]1. The predicted octanol–water partition coefficient (Wildman–Crippen LogP) is 0.984. The van der Waals surface area contributed by atoms with E-state index in [2.05, 4.69) is 9.97 Å². The summed E-state index contributed by atoms with van der Waals surface area (Å²) < 4.78 is 22.7. The third kappa shape index (κ3) is 2.07. The lowest BCUT2D eigenvalue weighted by Crippen LogP contribution is -2.08. The summed E-state index contributed by atoms with van der Waals surface area (Å²) >= 11 is 0. The van der Waals surface area contributed by atoms with E-state index in [1.807, 2.05) is 6.92 Å². The first-order valence-corrected chi connectivity index (χ1v) is 5.54. The smallest absolute Gasteiger partial charge is 0.224 e. The summed E-state index contributed by atoms with van der Waals surface area (Å²) in [4.78, 5) is 6.28. The Bertz CT molecular complexity index is 315. The molecule has 1 aromatic heterocycles. The van der Waals surface area contributed by atoms with Gasteiger partial charge in [-0.3, -0.25) is 0 Å². The van der Waals surface area contributed by atoms with Gasteiger partial charge in [0.2, 0.25) is 15.0 Å². The van der Waals surface area contributed by atoms with Crippen molar-refractivity contribution in [3.63, 3.8) is 0 Å². The van der Waals surface area contributed by atoms with E-state index in [0.717, 1.165) is 6.42 Å². The zero-order chi connectivity index (χ0) is 9.03. The van der Waals surface area contributed by atoms with Gasteiger partial charge in [0, 0.05) is 12.4 Å². The van der Waals surface area contributed by atoms with E-state index in [0.29, 0.717) is 6.42 Å². The molecule has 0 saturated heterocycles. The number of imidazole rings is 1. The molecule has 1 aromatic rings. The van der Waals surface area contributed by atoms with E-state index >= 15 is 0 Å². The first kappa shape index (κ1) is 9.25. The average molecular weight is 188 g/mol. The van der Waals surface area contributed by atoms with Crippen LogP contribution in [0.15, 0.2) is 17.6 Å². The highest BCUT2D eigenvalue weighted by molar-refractivity contribution is 7.91. The van der Waals surface area contributed by atoms with E-state index in [1.54, 1.807) is 0 Å². The second-order valence-corrected chi connectivity index (χ2v) is 4.59. The van der Waals surface area contributed by atoms with Crippen LogP contribution in [0.5, 0.6) is 0 Å². The lowest BCUT2D eigenvalue weighted by molar-refractivity contribution is 0.585. The predicted molar refractivity (Wildman–Crippen MR) is 45.5 cm³/mol.